The quantitative estimate of drug-likeness (QED) is 0.198. The lowest BCUT2D eigenvalue weighted by Crippen LogP contribution is -1.89. The number of aryl methyl sites for hydroxylation is 2. The highest BCUT2D eigenvalue weighted by molar-refractivity contribution is 6.12. The molecule has 0 aliphatic heterocycles. The van der Waals surface area contributed by atoms with Crippen LogP contribution in [0, 0.1) is 0 Å². The largest absolute Gasteiger partial charge is 0.298 e. The van der Waals surface area contributed by atoms with Crippen LogP contribution < -0.4 is 0 Å². The maximum atomic E-state index is 11.4. The molecule has 6 rings (SSSR count). The predicted molar refractivity (Wildman–Crippen MR) is 147 cm³/mol. The van der Waals surface area contributed by atoms with Gasteiger partial charge in [-0.25, -0.2) is 0 Å². The molecule has 0 N–H and O–H groups in total. The zero-order valence-corrected chi connectivity index (χ0v) is 19.7. The van der Waals surface area contributed by atoms with Crippen LogP contribution in [-0.2, 0) is 12.8 Å². The van der Waals surface area contributed by atoms with Gasteiger partial charge in [0.25, 0.3) is 0 Å². The van der Waals surface area contributed by atoms with Crippen molar-refractivity contribution in [1.82, 2.24) is 0 Å². The van der Waals surface area contributed by atoms with Gasteiger partial charge in [0.2, 0.25) is 0 Å². The van der Waals surface area contributed by atoms with E-state index >= 15 is 0 Å². The van der Waals surface area contributed by atoms with Crippen molar-refractivity contribution in [3.63, 3.8) is 0 Å². The van der Waals surface area contributed by atoms with Crippen LogP contribution in [0.2, 0.25) is 0 Å². The van der Waals surface area contributed by atoms with Crippen LogP contribution in [0.4, 0.5) is 0 Å². The van der Waals surface area contributed by atoms with Crippen LogP contribution in [0.15, 0.2) is 103 Å². The van der Waals surface area contributed by atoms with E-state index in [0.29, 0.717) is 0 Å². The number of carbonyl (C=O) groups is 1. The fourth-order valence-corrected chi connectivity index (χ4v) is 4.71. The molecule has 0 heterocycles. The third kappa shape index (κ3) is 4.18. The first-order chi connectivity index (χ1) is 16.7. The third-order valence-electron chi connectivity index (χ3n) is 6.67. The molecule has 166 valence electrons. The minimum absolute atomic E-state index is 0.797. The van der Waals surface area contributed by atoms with Crippen molar-refractivity contribution >= 4 is 49.4 Å². The van der Waals surface area contributed by atoms with Gasteiger partial charge >= 0.3 is 0 Å². The summed E-state index contributed by atoms with van der Waals surface area (Å²) < 4.78 is 0. The molecule has 0 atom stereocenters. The van der Waals surface area contributed by atoms with Gasteiger partial charge in [-0.2, -0.15) is 0 Å². The molecular weight excluding hydrogens is 412 g/mol. The van der Waals surface area contributed by atoms with E-state index in [1.807, 2.05) is 18.2 Å². The molecule has 1 heteroatoms. The Balaban J connectivity index is 0.000000142. The van der Waals surface area contributed by atoms with Gasteiger partial charge < -0.3 is 0 Å². The topological polar surface area (TPSA) is 17.1 Å². The molecule has 0 radical (unpaired) electrons. The van der Waals surface area contributed by atoms with E-state index in [9.17, 15) is 4.79 Å². The number of hydrogen-bond acceptors (Lipinski definition) is 1. The Bertz CT molecular complexity index is 1640. The van der Waals surface area contributed by atoms with Gasteiger partial charge in [-0.15, -0.1) is 0 Å². The first kappa shape index (κ1) is 21.9. The zero-order valence-electron chi connectivity index (χ0n) is 19.7. The van der Waals surface area contributed by atoms with Crippen molar-refractivity contribution in [3.05, 3.63) is 120 Å². The summed E-state index contributed by atoms with van der Waals surface area (Å²) in [6.45, 7) is 4.34. The van der Waals surface area contributed by atoms with Crippen LogP contribution in [0.1, 0.15) is 35.3 Å². The highest BCUT2D eigenvalue weighted by Gasteiger charge is 2.06. The second-order valence-corrected chi connectivity index (χ2v) is 8.77. The lowest BCUT2D eigenvalue weighted by molar-refractivity contribution is 0.112. The average molecular weight is 441 g/mol. The summed E-state index contributed by atoms with van der Waals surface area (Å²) in [6, 6.07) is 36.4. The standard InChI is InChI=1S/C17H14O.C16H14/c1-2-12-7-8-16-14(9-12)10-13-5-3-4-6-15(13)17(16)11-18;1-2-12-7-8-15-10-13-5-3-4-6-14(13)11-16(15)9-12/h3-11H,2H2,1H3;3-11H,2H2,1H3. The van der Waals surface area contributed by atoms with Crippen molar-refractivity contribution in [3.8, 4) is 0 Å². The number of carbonyl (C=O) groups excluding carboxylic acids is 1. The molecule has 1 nitrogen and oxygen atoms in total. The van der Waals surface area contributed by atoms with E-state index in [1.165, 1.54) is 32.7 Å². The van der Waals surface area contributed by atoms with Gasteiger partial charge in [-0.1, -0.05) is 98.8 Å². The summed E-state index contributed by atoms with van der Waals surface area (Å²) in [5.41, 5.74) is 3.50. The van der Waals surface area contributed by atoms with Crippen molar-refractivity contribution in [2.75, 3.05) is 0 Å². The lowest BCUT2D eigenvalue weighted by atomic mass is 9.96. The van der Waals surface area contributed by atoms with Crippen LogP contribution in [0.5, 0.6) is 0 Å². The summed E-state index contributed by atoms with van der Waals surface area (Å²) >= 11 is 0. The molecule has 0 fully saturated rings. The van der Waals surface area contributed by atoms with Crippen LogP contribution in [-0.4, -0.2) is 6.29 Å². The molecule has 0 bridgehead atoms. The molecule has 34 heavy (non-hydrogen) atoms. The zero-order chi connectivity index (χ0) is 23.5. The summed E-state index contributed by atoms with van der Waals surface area (Å²) in [5.74, 6) is 0. The van der Waals surface area contributed by atoms with Crippen LogP contribution in [0.25, 0.3) is 43.1 Å². The van der Waals surface area contributed by atoms with Crippen LogP contribution in [0.3, 0.4) is 0 Å². The Morgan fingerprint density at radius 1 is 0.500 bits per heavy atom. The molecule has 0 saturated carbocycles. The molecule has 0 aliphatic rings. The van der Waals surface area contributed by atoms with E-state index in [-0.39, 0.29) is 0 Å². The average Bonchev–Trinajstić information content (AvgIpc) is 2.90. The third-order valence-corrected chi connectivity index (χ3v) is 6.67. The molecule has 0 spiro atoms. The number of rotatable bonds is 3. The molecule has 0 aliphatic carbocycles. The van der Waals surface area contributed by atoms with E-state index < -0.39 is 0 Å². The van der Waals surface area contributed by atoms with E-state index in [2.05, 4.69) is 98.8 Å². The van der Waals surface area contributed by atoms with Crippen molar-refractivity contribution in [2.24, 2.45) is 0 Å². The Labute approximate surface area is 200 Å². The second kappa shape index (κ2) is 9.49. The molecule has 0 aromatic heterocycles. The normalized spacial score (nSPS) is 11.0. The highest BCUT2D eigenvalue weighted by atomic mass is 16.1. The summed E-state index contributed by atoms with van der Waals surface area (Å²) in [7, 11) is 0. The van der Waals surface area contributed by atoms with Gasteiger partial charge in [0.15, 0.2) is 6.29 Å². The maximum absolute atomic E-state index is 11.4. The molecule has 0 unspecified atom stereocenters. The summed E-state index contributed by atoms with van der Waals surface area (Å²) in [5, 5.41) is 9.66. The first-order valence-corrected chi connectivity index (χ1v) is 12.0. The Kier molecular flexibility index (Phi) is 6.10. The molecular formula is C33H28O. The number of aldehydes is 1. The number of fused-ring (bicyclic) bond motifs is 4. The number of hydrogen-bond donors (Lipinski definition) is 0. The van der Waals surface area contributed by atoms with Crippen molar-refractivity contribution in [1.29, 1.82) is 0 Å². The van der Waals surface area contributed by atoms with Gasteiger partial charge in [0.1, 0.15) is 0 Å². The Morgan fingerprint density at radius 2 is 1.00 bits per heavy atom. The molecule has 6 aromatic carbocycles. The SMILES string of the molecule is CCc1ccc2c(C=O)c3ccccc3cc2c1.CCc1ccc2cc3ccccc3cc2c1. The van der Waals surface area contributed by atoms with Crippen LogP contribution >= 0.6 is 0 Å². The second-order valence-electron chi connectivity index (χ2n) is 8.77. The first-order valence-electron chi connectivity index (χ1n) is 12.0. The summed E-state index contributed by atoms with van der Waals surface area (Å²) in [6.07, 6.45) is 3.08. The van der Waals surface area contributed by atoms with Gasteiger partial charge in [-0.05, 0) is 85.3 Å². The van der Waals surface area contributed by atoms with E-state index in [1.54, 1.807) is 0 Å². The lowest BCUT2D eigenvalue weighted by Gasteiger charge is -2.08. The minimum Gasteiger partial charge on any atom is -0.298 e. The predicted octanol–water partition coefficient (Wildman–Crippen LogP) is 8.92. The Morgan fingerprint density at radius 3 is 1.68 bits per heavy atom. The Hall–Kier alpha value is -3.97. The summed E-state index contributed by atoms with van der Waals surface area (Å²) in [4.78, 5) is 11.4. The number of benzene rings is 6. The maximum Gasteiger partial charge on any atom is 0.151 e. The molecule has 6 aromatic rings. The highest BCUT2D eigenvalue weighted by Crippen LogP contribution is 2.28. The van der Waals surface area contributed by atoms with E-state index in [4.69, 9.17) is 0 Å². The smallest absolute Gasteiger partial charge is 0.151 e. The van der Waals surface area contributed by atoms with Crippen molar-refractivity contribution < 1.29 is 4.79 Å². The van der Waals surface area contributed by atoms with Crippen molar-refractivity contribution in [2.45, 2.75) is 26.7 Å². The van der Waals surface area contributed by atoms with E-state index in [0.717, 1.165) is 46.2 Å². The van der Waals surface area contributed by atoms with Gasteiger partial charge in [0, 0.05) is 5.56 Å². The molecule has 0 saturated heterocycles. The fourth-order valence-electron chi connectivity index (χ4n) is 4.71. The fraction of sp³-hybridized carbons (Fsp3) is 0.121. The van der Waals surface area contributed by atoms with Gasteiger partial charge in [-0.3, -0.25) is 4.79 Å². The minimum atomic E-state index is 0.797. The monoisotopic (exact) mass is 440 g/mol. The molecule has 0 amide bonds. The van der Waals surface area contributed by atoms with Gasteiger partial charge in [0.05, 0.1) is 0 Å².